The molecule has 35 heavy (non-hydrogen) atoms. The van der Waals surface area contributed by atoms with E-state index in [0.29, 0.717) is 18.3 Å². The molecule has 0 aliphatic heterocycles. The number of carbonyl (C=O) groups excluding carboxylic acids is 1. The number of aromatic nitrogens is 2. The largest absolute Gasteiger partial charge is 0.475 e. The van der Waals surface area contributed by atoms with Gasteiger partial charge in [0.1, 0.15) is 12.4 Å². The minimum absolute atomic E-state index is 0.133. The molecule has 8 heteroatoms. The van der Waals surface area contributed by atoms with Crippen LogP contribution in [-0.2, 0) is 11.8 Å². The highest BCUT2D eigenvalue weighted by Crippen LogP contribution is 2.36. The molecule has 188 valence electrons. The third-order valence-corrected chi connectivity index (χ3v) is 6.05. The molecule has 0 saturated heterocycles. The van der Waals surface area contributed by atoms with E-state index >= 15 is 0 Å². The highest BCUT2D eigenvalue weighted by atomic mass is 16.5. The van der Waals surface area contributed by atoms with Crippen molar-refractivity contribution in [3.05, 3.63) is 71.3 Å². The Labute approximate surface area is 207 Å². The molecule has 8 nitrogen and oxygen atoms in total. The van der Waals surface area contributed by atoms with Crippen LogP contribution < -0.4 is 15.8 Å². The predicted octanol–water partition coefficient (Wildman–Crippen LogP) is 3.88. The van der Waals surface area contributed by atoms with Crippen molar-refractivity contribution in [2.45, 2.75) is 45.1 Å². The van der Waals surface area contributed by atoms with Crippen molar-refractivity contribution in [2.75, 3.05) is 32.6 Å². The zero-order valence-corrected chi connectivity index (χ0v) is 21.3. The van der Waals surface area contributed by atoms with Gasteiger partial charge in [-0.25, -0.2) is 9.48 Å². The van der Waals surface area contributed by atoms with Gasteiger partial charge in [0.2, 0.25) is 5.88 Å². The van der Waals surface area contributed by atoms with Crippen LogP contribution in [-0.4, -0.2) is 59.2 Å². The Morgan fingerprint density at radius 2 is 1.86 bits per heavy atom. The number of urea groups is 1. The highest BCUT2D eigenvalue weighted by molar-refractivity contribution is 5.88. The van der Waals surface area contributed by atoms with E-state index in [1.807, 2.05) is 62.3 Å². The molecule has 1 aliphatic rings. The Bertz CT molecular complexity index is 1130. The molecule has 4 rings (SSSR count). The average Bonchev–Trinajstić information content (AvgIpc) is 3.09. The van der Waals surface area contributed by atoms with E-state index in [2.05, 4.69) is 42.5 Å². The van der Waals surface area contributed by atoms with Gasteiger partial charge in [0.15, 0.2) is 0 Å². The number of primary amides is 1. The molecule has 0 fully saturated rings. The van der Waals surface area contributed by atoms with Crippen molar-refractivity contribution in [3.63, 3.8) is 0 Å². The number of nitrogens with two attached hydrogens (primary N) is 1. The molecule has 2 amide bonds. The Kier molecular flexibility index (Phi) is 8.53. The molecule has 1 unspecified atom stereocenters. The number of rotatable bonds is 6. The standard InChI is InChI=1S/C15H21N5O2.C12H16O/c1-11-13(17-15(16)21)20(12-7-5-4-6-8-12)18-14(11)22-10-9-19(2)3;1-12(2)8-10(13)7-9-5-3-4-6-11(9)12/h4-8H,9-10H2,1-3H3,(H3,16,17,21);3-6,10,13H,7-8H2,1-2H3. The number of nitrogens with one attached hydrogen (secondary N) is 1. The van der Waals surface area contributed by atoms with Crippen molar-refractivity contribution in [1.29, 1.82) is 0 Å². The lowest BCUT2D eigenvalue weighted by Crippen LogP contribution is -2.32. The van der Waals surface area contributed by atoms with Gasteiger partial charge in [-0.1, -0.05) is 56.3 Å². The maximum atomic E-state index is 11.2. The summed E-state index contributed by atoms with van der Waals surface area (Å²) >= 11 is 0. The SMILES string of the molecule is CC1(C)CC(O)Cc2ccccc21.Cc1c(OCCN(C)C)nn(-c2ccccc2)c1NC(N)=O. The molecule has 1 aliphatic carbocycles. The van der Waals surface area contributed by atoms with E-state index in [4.69, 9.17) is 10.5 Å². The summed E-state index contributed by atoms with van der Waals surface area (Å²) in [4.78, 5) is 13.3. The Morgan fingerprint density at radius 1 is 1.20 bits per heavy atom. The van der Waals surface area contributed by atoms with Crippen molar-refractivity contribution >= 4 is 11.8 Å². The topological polar surface area (TPSA) is 106 Å². The maximum absolute atomic E-state index is 11.2. The van der Waals surface area contributed by atoms with Crippen LogP contribution in [0.5, 0.6) is 5.88 Å². The summed E-state index contributed by atoms with van der Waals surface area (Å²) in [5, 5.41) is 16.7. The third-order valence-electron chi connectivity index (χ3n) is 6.05. The van der Waals surface area contributed by atoms with Gasteiger partial charge >= 0.3 is 6.03 Å². The number of amides is 2. The minimum atomic E-state index is -0.639. The lowest BCUT2D eigenvalue weighted by Gasteiger charge is -2.35. The minimum Gasteiger partial charge on any atom is -0.475 e. The molecule has 4 N–H and O–H groups in total. The number of aliphatic hydroxyl groups is 1. The molecule has 0 bridgehead atoms. The van der Waals surface area contributed by atoms with E-state index < -0.39 is 6.03 Å². The van der Waals surface area contributed by atoms with E-state index in [1.54, 1.807) is 4.68 Å². The summed E-state index contributed by atoms with van der Waals surface area (Å²) in [6.07, 6.45) is 1.54. The Balaban J connectivity index is 0.000000223. The predicted molar refractivity (Wildman–Crippen MR) is 139 cm³/mol. The molecule has 2 aromatic carbocycles. The lowest BCUT2D eigenvalue weighted by atomic mass is 9.72. The van der Waals surface area contributed by atoms with Crippen LogP contribution in [0.1, 0.15) is 37.0 Å². The van der Waals surface area contributed by atoms with E-state index in [0.717, 1.165) is 30.6 Å². The van der Waals surface area contributed by atoms with Gasteiger partial charge in [0, 0.05) is 6.54 Å². The summed E-state index contributed by atoms with van der Waals surface area (Å²) < 4.78 is 7.32. The van der Waals surface area contributed by atoms with Crippen molar-refractivity contribution in [3.8, 4) is 11.6 Å². The first-order valence-electron chi connectivity index (χ1n) is 11.8. The molecule has 1 aromatic heterocycles. The number of benzene rings is 2. The molecule has 0 radical (unpaired) electrons. The summed E-state index contributed by atoms with van der Waals surface area (Å²) in [5.74, 6) is 0.994. The molecule has 1 heterocycles. The average molecular weight is 480 g/mol. The van der Waals surface area contributed by atoms with Crippen LogP contribution in [0.25, 0.3) is 5.69 Å². The first-order valence-corrected chi connectivity index (χ1v) is 11.8. The fourth-order valence-electron chi connectivity index (χ4n) is 4.34. The fourth-order valence-corrected chi connectivity index (χ4v) is 4.34. The van der Waals surface area contributed by atoms with Gasteiger partial charge in [0.25, 0.3) is 0 Å². The molecule has 0 spiro atoms. The number of anilines is 1. The fraction of sp³-hybridized carbons (Fsp3) is 0.407. The van der Waals surface area contributed by atoms with Crippen LogP contribution in [0.15, 0.2) is 54.6 Å². The second-order valence-corrected chi connectivity index (χ2v) is 9.77. The number of aliphatic hydroxyl groups excluding tert-OH is 1. The van der Waals surface area contributed by atoms with E-state index in [-0.39, 0.29) is 11.5 Å². The molecular weight excluding hydrogens is 442 g/mol. The number of para-hydroxylation sites is 1. The number of hydrogen-bond acceptors (Lipinski definition) is 5. The number of fused-ring (bicyclic) bond motifs is 1. The summed E-state index contributed by atoms with van der Waals surface area (Å²) in [6, 6.07) is 17.3. The Hall–Kier alpha value is -3.36. The summed E-state index contributed by atoms with van der Waals surface area (Å²) in [6.45, 7) is 7.52. The number of ether oxygens (including phenoxy) is 1. The zero-order valence-electron chi connectivity index (χ0n) is 21.3. The number of carbonyl (C=O) groups is 1. The Morgan fingerprint density at radius 3 is 2.51 bits per heavy atom. The van der Waals surface area contributed by atoms with Crippen LogP contribution in [0.3, 0.4) is 0 Å². The van der Waals surface area contributed by atoms with E-state index in [9.17, 15) is 9.90 Å². The van der Waals surface area contributed by atoms with Gasteiger partial charge in [-0.3, -0.25) is 5.32 Å². The van der Waals surface area contributed by atoms with Crippen LogP contribution in [0.4, 0.5) is 10.6 Å². The van der Waals surface area contributed by atoms with Crippen molar-refractivity contribution in [2.24, 2.45) is 5.73 Å². The number of hydrogen-bond donors (Lipinski definition) is 3. The molecule has 1 atom stereocenters. The van der Waals surface area contributed by atoms with Crippen molar-refractivity contribution < 1.29 is 14.6 Å². The zero-order chi connectivity index (χ0) is 25.6. The molecular formula is C27H37N5O3. The van der Waals surface area contributed by atoms with Crippen LogP contribution in [0, 0.1) is 6.92 Å². The molecule has 0 saturated carbocycles. The number of nitrogens with zero attached hydrogens (tertiary/aromatic N) is 3. The normalized spacial score (nSPS) is 16.1. The highest BCUT2D eigenvalue weighted by Gasteiger charge is 2.31. The quantitative estimate of drug-likeness (QED) is 0.498. The third kappa shape index (κ3) is 6.83. The van der Waals surface area contributed by atoms with E-state index in [1.165, 1.54) is 11.1 Å². The summed E-state index contributed by atoms with van der Waals surface area (Å²) in [5.41, 5.74) is 9.65. The first-order chi connectivity index (χ1) is 16.6. The smallest absolute Gasteiger partial charge is 0.317 e. The van der Waals surface area contributed by atoms with Crippen LogP contribution >= 0.6 is 0 Å². The van der Waals surface area contributed by atoms with Gasteiger partial charge in [-0.05, 0) is 62.5 Å². The van der Waals surface area contributed by atoms with Gasteiger partial charge in [-0.15, -0.1) is 5.10 Å². The van der Waals surface area contributed by atoms with Gasteiger partial charge in [0.05, 0.1) is 17.4 Å². The van der Waals surface area contributed by atoms with Gasteiger partial charge < -0.3 is 20.5 Å². The number of likely N-dealkylation sites (N-methyl/N-ethyl adjacent to an activating group) is 1. The monoisotopic (exact) mass is 479 g/mol. The maximum Gasteiger partial charge on any atom is 0.317 e. The lowest BCUT2D eigenvalue weighted by molar-refractivity contribution is 0.128. The second kappa shape index (κ2) is 11.4. The van der Waals surface area contributed by atoms with Crippen molar-refractivity contribution in [1.82, 2.24) is 14.7 Å². The second-order valence-electron chi connectivity index (χ2n) is 9.77. The van der Waals surface area contributed by atoms with Gasteiger partial charge in [-0.2, -0.15) is 0 Å². The first kappa shape index (κ1) is 26.2. The van der Waals surface area contributed by atoms with Crippen LogP contribution in [0.2, 0.25) is 0 Å². The molecule has 3 aromatic rings. The summed E-state index contributed by atoms with van der Waals surface area (Å²) in [7, 11) is 3.94.